The van der Waals surface area contributed by atoms with Crippen molar-refractivity contribution in [2.75, 3.05) is 12.4 Å². The first-order valence-electron chi connectivity index (χ1n) is 9.55. The van der Waals surface area contributed by atoms with E-state index < -0.39 is 41.1 Å². The lowest BCUT2D eigenvalue weighted by Crippen LogP contribution is -2.40. The number of alkyl halides is 3. The number of thiophene rings is 1. The maximum Gasteiger partial charge on any atom is 0.418 e. The van der Waals surface area contributed by atoms with Gasteiger partial charge >= 0.3 is 11.9 Å². The molecular weight excluding hydrogens is 459 g/mol. The summed E-state index contributed by atoms with van der Waals surface area (Å²) in [6.07, 6.45) is -4.67. The van der Waals surface area contributed by atoms with Crippen LogP contribution < -0.4 is 21.3 Å². The molecule has 0 radical (unpaired) electrons. The van der Waals surface area contributed by atoms with Crippen molar-refractivity contribution in [3.05, 3.63) is 86.4 Å². The highest BCUT2D eigenvalue weighted by Crippen LogP contribution is 2.34. The number of para-hydroxylation sites is 3. The van der Waals surface area contributed by atoms with Gasteiger partial charge in [0.2, 0.25) is 5.91 Å². The number of hydrogen-bond donors (Lipinski definition) is 1. The number of carbonyl (C=O) groups is 1. The monoisotopic (exact) mass is 475 g/mol. The molecule has 0 fully saturated rings. The highest BCUT2D eigenvalue weighted by atomic mass is 32.1. The Morgan fingerprint density at radius 1 is 1.06 bits per heavy atom. The molecule has 2 aromatic carbocycles. The molecule has 4 aromatic rings. The van der Waals surface area contributed by atoms with Gasteiger partial charge in [0.1, 0.15) is 17.0 Å². The summed E-state index contributed by atoms with van der Waals surface area (Å²) >= 11 is 1.08. The number of methoxy groups -OCH3 is 1. The quantitative estimate of drug-likeness (QED) is 0.475. The van der Waals surface area contributed by atoms with E-state index in [9.17, 15) is 27.6 Å². The molecule has 33 heavy (non-hydrogen) atoms. The predicted molar refractivity (Wildman–Crippen MR) is 118 cm³/mol. The minimum absolute atomic E-state index is 0.182. The summed E-state index contributed by atoms with van der Waals surface area (Å²) in [5.41, 5.74) is -2.46. The van der Waals surface area contributed by atoms with Gasteiger partial charge in [-0.05, 0) is 35.7 Å². The summed E-state index contributed by atoms with van der Waals surface area (Å²) in [6.45, 7) is -0.603. The Kier molecular flexibility index (Phi) is 5.81. The molecular formula is C22H16F3N3O4S. The number of halogens is 3. The fourth-order valence-corrected chi connectivity index (χ4v) is 4.26. The van der Waals surface area contributed by atoms with Gasteiger partial charge in [0, 0.05) is 0 Å². The molecule has 0 aliphatic heterocycles. The van der Waals surface area contributed by atoms with Crippen molar-refractivity contribution in [2.45, 2.75) is 12.7 Å². The Morgan fingerprint density at radius 2 is 1.76 bits per heavy atom. The van der Waals surface area contributed by atoms with Crippen LogP contribution in [0.1, 0.15) is 5.56 Å². The van der Waals surface area contributed by atoms with Gasteiger partial charge in [-0.15, -0.1) is 11.3 Å². The van der Waals surface area contributed by atoms with E-state index in [1.165, 1.54) is 31.4 Å². The van der Waals surface area contributed by atoms with E-state index in [0.717, 1.165) is 32.6 Å². The second-order valence-electron chi connectivity index (χ2n) is 6.91. The number of amides is 1. The Balaban J connectivity index is 1.80. The van der Waals surface area contributed by atoms with Gasteiger partial charge in [0.25, 0.3) is 5.56 Å². The van der Waals surface area contributed by atoms with Crippen molar-refractivity contribution in [1.29, 1.82) is 0 Å². The molecule has 170 valence electrons. The molecule has 0 aliphatic carbocycles. The second kappa shape index (κ2) is 8.58. The number of nitrogens with one attached hydrogen (secondary N) is 1. The van der Waals surface area contributed by atoms with Gasteiger partial charge in [-0.3, -0.25) is 14.2 Å². The van der Waals surface area contributed by atoms with Crippen molar-refractivity contribution in [2.24, 2.45) is 0 Å². The zero-order valence-electron chi connectivity index (χ0n) is 17.1. The maximum absolute atomic E-state index is 13.3. The Hall–Kier alpha value is -3.86. The Morgan fingerprint density at radius 3 is 2.48 bits per heavy atom. The number of hydrogen-bond acceptors (Lipinski definition) is 5. The lowest BCUT2D eigenvalue weighted by atomic mass is 10.1. The first kappa shape index (κ1) is 22.3. The second-order valence-corrected chi connectivity index (χ2v) is 7.82. The van der Waals surface area contributed by atoms with Crippen molar-refractivity contribution in [3.8, 4) is 11.4 Å². The first-order chi connectivity index (χ1) is 15.7. The third-order valence-corrected chi connectivity index (χ3v) is 5.78. The topological polar surface area (TPSA) is 82.3 Å². The summed E-state index contributed by atoms with van der Waals surface area (Å²) in [5.74, 6) is -0.589. The van der Waals surface area contributed by atoms with Crippen LogP contribution in [-0.2, 0) is 17.5 Å². The molecule has 1 amide bonds. The minimum Gasteiger partial charge on any atom is -0.495 e. The van der Waals surface area contributed by atoms with Crippen molar-refractivity contribution in [1.82, 2.24) is 9.13 Å². The average Bonchev–Trinajstić information content (AvgIpc) is 3.27. The van der Waals surface area contributed by atoms with E-state index in [1.54, 1.807) is 23.6 Å². The van der Waals surface area contributed by atoms with Gasteiger partial charge in [0.15, 0.2) is 0 Å². The minimum atomic E-state index is -4.67. The fourth-order valence-electron chi connectivity index (χ4n) is 3.44. The number of anilines is 1. The highest BCUT2D eigenvalue weighted by molar-refractivity contribution is 7.17. The molecule has 4 rings (SSSR count). The SMILES string of the molecule is COc1ccccc1-n1c(=O)c2sccc2n(CC(=O)Nc2ccccc2C(F)(F)F)c1=O. The normalized spacial score (nSPS) is 11.5. The summed E-state index contributed by atoms with van der Waals surface area (Å²) < 4.78 is 47.2. The van der Waals surface area contributed by atoms with E-state index >= 15 is 0 Å². The number of fused-ring (bicyclic) bond motifs is 1. The molecule has 2 heterocycles. The average molecular weight is 475 g/mol. The van der Waals surface area contributed by atoms with Crippen molar-refractivity contribution >= 4 is 33.1 Å². The van der Waals surface area contributed by atoms with Crippen molar-refractivity contribution < 1.29 is 22.7 Å². The van der Waals surface area contributed by atoms with Crippen LogP contribution >= 0.6 is 11.3 Å². The number of benzene rings is 2. The van der Waals surface area contributed by atoms with E-state index in [2.05, 4.69) is 5.32 Å². The summed E-state index contributed by atoms with van der Waals surface area (Å²) in [6, 6.07) is 12.4. The van der Waals surface area contributed by atoms with E-state index in [-0.39, 0.29) is 21.7 Å². The van der Waals surface area contributed by atoms with Gasteiger partial charge in [-0.1, -0.05) is 24.3 Å². The number of nitrogens with zero attached hydrogens (tertiary/aromatic N) is 2. The van der Waals surface area contributed by atoms with Gasteiger partial charge in [-0.2, -0.15) is 13.2 Å². The predicted octanol–water partition coefficient (Wildman–Crippen LogP) is 3.88. The molecule has 2 aromatic heterocycles. The third kappa shape index (κ3) is 4.14. The van der Waals surface area contributed by atoms with E-state index in [0.29, 0.717) is 0 Å². The van der Waals surface area contributed by atoms with Crippen LogP contribution in [0.3, 0.4) is 0 Å². The van der Waals surface area contributed by atoms with Gasteiger partial charge in [0.05, 0.1) is 29.6 Å². The molecule has 7 nitrogen and oxygen atoms in total. The van der Waals surface area contributed by atoms with Crippen LogP contribution in [0, 0.1) is 0 Å². The molecule has 0 unspecified atom stereocenters. The summed E-state index contributed by atoms with van der Waals surface area (Å²) in [5, 5.41) is 3.81. The highest BCUT2D eigenvalue weighted by Gasteiger charge is 2.33. The summed E-state index contributed by atoms with van der Waals surface area (Å²) in [7, 11) is 1.39. The van der Waals surface area contributed by atoms with Crippen LogP contribution in [0.15, 0.2) is 69.6 Å². The number of ether oxygens (including phenoxy) is 1. The number of rotatable bonds is 5. The largest absolute Gasteiger partial charge is 0.495 e. The summed E-state index contributed by atoms with van der Waals surface area (Å²) in [4.78, 5) is 39.0. The van der Waals surface area contributed by atoms with Crippen molar-refractivity contribution in [3.63, 3.8) is 0 Å². The van der Waals surface area contributed by atoms with Crippen LogP contribution in [0.4, 0.5) is 18.9 Å². The fraction of sp³-hybridized carbons (Fsp3) is 0.136. The lowest BCUT2D eigenvalue weighted by Gasteiger charge is -2.16. The van der Waals surface area contributed by atoms with Gasteiger partial charge < -0.3 is 10.1 Å². The Labute approximate surface area is 188 Å². The zero-order valence-corrected chi connectivity index (χ0v) is 17.9. The molecule has 0 bridgehead atoms. The lowest BCUT2D eigenvalue weighted by molar-refractivity contribution is -0.137. The standard InChI is InChI=1S/C22H16F3N3O4S/c1-32-17-9-5-4-8-15(17)28-20(30)19-16(10-11-33-19)27(21(28)31)12-18(29)26-14-7-3-2-6-13(14)22(23,24)25/h2-11H,12H2,1H3,(H,26,29). The van der Waals surface area contributed by atoms with Crippen LogP contribution in [0.2, 0.25) is 0 Å². The number of aromatic nitrogens is 2. The third-order valence-electron chi connectivity index (χ3n) is 4.89. The molecule has 1 N–H and O–H groups in total. The molecule has 0 saturated carbocycles. The van der Waals surface area contributed by atoms with Crippen LogP contribution in [0.5, 0.6) is 5.75 Å². The molecule has 0 saturated heterocycles. The molecule has 0 spiro atoms. The Bertz CT molecular complexity index is 1470. The van der Waals surface area contributed by atoms with E-state index in [1.807, 2.05) is 0 Å². The first-order valence-corrected chi connectivity index (χ1v) is 10.4. The zero-order chi connectivity index (χ0) is 23.8. The number of carbonyl (C=O) groups excluding carboxylic acids is 1. The smallest absolute Gasteiger partial charge is 0.418 e. The van der Waals surface area contributed by atoms with E-state index in [4.69, 9.17) is 4.74 Å². The van der Waals surface area contributed by atoms with Crippen LogP contribution in [-0.4, -0.2) is 22.2 Å². The molecule has 11 heteroatoms. The van der Waals surface area contributed by atoms with Crippen LogP contribution in [0.25, 0.3) is 15.9 Å². The maximum atomic E-state index is 13.3. The van der Waals surface area contributed by atoms with Gasteiger partial charge in [-0.25, -0.2) is 9.36 Å². The molecule has 0 aliphatic rings. The molecule has 0 atom stereocenters.